The van der Waals surface area contributed by atoms with Crippen molar-refractivity contribution >= 4 is 17.4 Å². The fourth-order valence-corrected chi connectivity index (χ4v) is 2.35. The summed E-state index contributed by atoms with van der Waals surface area (Å²) in [5, 5.41) is 8.69. The standard InChI is InChI=1S/C12H16N2S/c1-9(2)5-6-15-12-4-3-10(8-13)7-11(12)14/h3-4,7,9H,5-6,14H2,1-2H3. The van der Waals surface area contributed by atoms with Gasteiger partial charge < -0.3 is 5.73 Å². The Kier molecular flexibility index (Phi) is 4.51. The minimum Gasteiger partial charge on any atom is -0.398 e. The highest BCUT2D eigenvalue weighted by molar-refractivity contribution is 7.99. The Morgan fingerprint density at radius 1 is 1.47 bits per heavy atom. The fourth-order valence-electron chi connectivity index (χ4n) is 1.15. The molecule has 0 amide bonds. The predicted molar refractivity (Wildman–Crippen MR) is 65.7 cm³/mol. The van der Waals surface area contributed by atoms with Gasteiger partial charge in [-0.25, -0.2) is 0 Å². The maximum Gasteiger partial charge on any atom is 0.0992 e. The Morgan fingerprint density at radius 3 is 2.73 bits per heavy atom. The molecule has 0 fully saturated rings. The molecule has 1 aromatic rings. The number of hydrogen-bond donors (Lipinski definition) is 1. The van der Waals surface area contributed by atoms with Crippen molar-refractivity contribution in [3.8, 4) is 6.07 Å². The molecule has 1 rings (SSSR count). The van der Waals surface area contributed by atoms with Gasteiger partial charge in [0.05, 0.1) is 11.6 Å². The van der Waals surface area contributed by atoms with Crippen LogP contribution in [0.1, 0.15) is 25.8 Å². The van der Waals surface area contributed by atoms with E-state index in [2.05, 4.69) is 19.9 Å². The molecule has 0 aliphatic heterocycles. The number of nitrogen functional groups attached to an aromatic ring is 1. The van der Waals surface area contributed by atoms with Crippen LogP contribution in [0.25, 0.3) is 0 Å². The molecular formula is C12H16N2S. The van der Waals surface area contributed by atoms with Gasteiger partial charge in [-0.15, -0.1) is 11.8 Å². The van der Waals surface area contributed by atoms with Crippen LogP contribution in [0.2, 0.25) is 0 Å². The fraction of sp³-hybridized carbons (Fsp3) is 0.417. The predicted octanol–water partition coefficient (Wildman–Crippen LogP) is 3.28. The molecule has 3 heteroatoms. The van der Waals surface area contributed by atoms with E-state index in [9.17, 15) is 0 Å². The van der Waals surface area contributed by atoms with Crippen molar-refractivity contribution in [1.29, 1.82) is 5.26 Å². The van der Waals surface area contributed by atoms with E-state index in [1.807, 2.05) is 12.1 Å². The van der Waals surface area contributed by atoms with E-state index in [0.717, 1.165) is 16.6 Å². The third-order valence-electron chi connectivity index (χ3n) is 2.09. The molecule has 0 atom stereocenters. The molecule has 0 radical (unpaired) electrons. The summed E-state index contributed by atoms with van der Waals surface area (Å²) in [7, 11) is 0. The number of nitriles is 1. The highest BCUT2D eigenvalue weighted by atomic mass is 32.2. The molecule has 0 heterocycles. The maximum absolute atomic E-state index is 8.69. The van der Waals surface area contributed by atoms with Crippen LogP contribution in [0.15, 0.2) is 23.1 Å². The molecule has 2 N–H and O–H groups in total. The largest absolute Gasteiger partial charge is 0.398 e. The Hall–Kier alpha value is -1.14. The first-order chi connectivity index (χ1) is 7.13. The van der Waals surface area contributed by atoms with Gasteiger partial charge in [0.1, 0.15) is 0 Å². The van der Waals surface area contributed by atoms with Gasteiger partial charge in [-0.1, -0.05) is 13.8 Å². The smallest absolute Gasteiger partial charge is 0.0992 e. The molecule has 0 unspecified atom stereocenters. The van der Waals surface area contributed by atoms with Crippen LogP contribution in [-0.2, 0) is 0 Å². The van der Waals surface area contributed by atoms with Crippen molar-refractivity contribution in [2.75, 3.05) is 11.5 Å². The van der Waals surface area contributed by atoms with Crippen LogP contribution in [0.4, 0.5) is 5.69 Å². The molecule has 1 aromatic carbocycles. The summed E-state index contributed by atoms with van der Waals surface area (Å²) in [4.78, 5) is 1.08. The van der Waals surface area contributed by atoms with Crippen LogP contribution < -0.4 is 5.73 Å². The molecule has 0 saturated carbocycles. The molecule has 0 spiro atoms. The van der Waals surface area contributed by atoms with Gasteiger partial charge in [0.25, 0.3) is 0 Å². The van der Waals surface area contributed by atoms with E-state index in [1.165, 1.54) is 6.42 Å². The molecule has 15 heavy (non-hydrogen) atoms. The molecule has 2 nitrogen and oxygen atoms in total. The number of thioether (sulfide) groups is 1. The van der Waals surface area contributed by atoms with Crippen LogP contribution in [-0.4, -0.2) is 5.75 Å². The molecule has 80 valence electrons. The summed E-state index contributed by atoms with van der Waals surface area (Å²) < 4.78 is 0. The Morgan fingerprint density at radius 2 is 2.20 bits per heavy atom. The van der Waals surface area contributed by atoms with Crippen molar-refractivity contribution in [2.24, 2.45) is 5.92 Å². The lowest BCUT2D eigenvalue weighted by atomic mass is 10.2. The molecule has 0 aliphatic rings. The summed E-state index contributed by atoms with van der Waals surface area (Å²) in [6, 6.07) is 7.56. The first-order valence-corrected chi connectivity index (χ1v) is 6.04. The average molecular weight is 220 g/mol. The molecule has 0 saturated heterocycles. The third kappa shape index (κ3) is 3.85. The van der Waals surface area contributed by atoms with Crippen molar-refractivity contribution in [2.45, 2.75) is 25.2 Å². The lowest BCUT2D eigenvalue weighted by molar-refractivity contribution is 0.632. The summed E-state index contributed by atoms with van der Waals surface area (Å²) >= 11 is 1.76. The van der Waals surface area contributed by atoms with Gasteiger partial charge >= 0.3 is 0 Å². The highest BCUT2D eigenvalue weighted by Gasteiger charge is 2.02. The lowest BCUT2D eigenvalue weighted by Gasteiger charge is -2.07. The van der Waals surface area contributed by atoms with Crippen molar-refractivity contribution in [3.05, 3.63) is 23.8 Å². The van der Waals surface area contributed by atoms with Crippen molar-refractivity contribution in [3.63, 3.8) is 0 Å². The summed E-state index contributed by atoms with van der Waals surface area (Å²) in [5.74, 6) is 1.80. The number of rotatable bonds is 4. The van der Waals surface area contributed by atoms with Crippen LogP contribution in [0.5, 0.6) is 0 Å². The van der Waals surface area contributed by atoms with Crippen LogP contribution in [0.3, 0.4) is 0 Å². The van der Waals surface area contributed by atoms with E-state index in [4.69, 9.17) is 11.0 Å². The third-order valence-corrected chi connectivity index (χ3v) is 3.21. The highest BCUT2D eigenvalue weighted by Crippen LogP contribution is 2.27. The number of nitrogens with zero attached hydrogens (tertiary/aromatic N) is 1. The number of anilines is 1. The monoisotopic (exact) mass is 220 g/mol. The topological polar surface area (TPSA) is 49.8 Å². The average Bonchev–Trinajstić information content (AvgIpc) is 2.20. The second-order valence-electron chi connectivity index (χ2n) is 3.90. The molecular weight excluding hydrogens is 204 g/mol. The van der Waals surface area contributed by atoms with Gasteiger partial charge in [-0.2, -0.15) is 5.26 Å². The van der Waals surface area contributed by atoms with E-state index < -0.39 is 0 Å². The Labute approximate surface area is 95.5 Å². The minimum atomic E-state index is 0.626. The van der Waals surface area contributed by atoms with Crippen molar-refractivity contribution < 1.29 is 0 Å². The van der Waals surface area contributed by atoms with E-state index in [1.54, 1.807) is 17.8 Å². The zero-order chi connectivity index (χ0) is 11.3. The number of benzene rings is 1. The van der Waals surface area contributed by atoms with E-state index >= 15 is 0 Å². The normalized spacial score (nSPS) is 10.3. The Balaban J connectivity index is 2.59. The van der Waals surface area contributed by atoms with Gasteiger partial charge in [0, 0.05) is 10.6 Å². The zero-order valence-corrected chi connectivity index (χ0v) is 9.97. The SMILES string of the molecule is CC(C)CCSc1ccc(C#N)cc1N. The van der Waals surface area contributed by atoms with E-state index in [-0.39, 0.29) is 0 Å². The quantitative estimate of drug-likeness (QED) is 0.625. The molecule has 0 bridgehead atoms. The molecule has 0 aromatic heterocycles. The number of nitrogens with two attached hydrogens (primary N) is 1. The second-order valence-corrected chi connectivity index (χ2v) is 5.03. The van der Waals surface area contributed by atoms with Crippen molar-refractivity contribution in [1.82, 2.24) is 0 Å². The maximum atomic E-state index is 8.69. The van der Waals surface area contributed by atoms with Gasteiger partial charge in [-0.3, -0.25) is 0 Å². The lowest BCUT2D eigenvalue weighted by Crippen LogP contribution is -1.93. The summed E-state index contributed by atoms with van der Waals surface area (Å²) in [6.45, 7) is 4.42. The first kappa shape index (κ1) is 11.9. The zero-order valence-electron chi connectivity index (χ0n) is 9.16. The summed E-state index contributed by atoms with van der Waals surface area (Å²) in [6.07, 6.45) is 1.18. The van der Waals surface area contributed by atoms with Gasteiger partial charge in [0.15, 0.2) is 0 Å². The van der Waals surface area contributed by atoms with E-state index in [0.29, 0.717) is 11.3 Å². The van der Waals surface area contributed by atoms with Gasteiger partial charge in [0.2, 0.25) is 0 Å². The number of hydrogen-bond acceptors (Lipinski definition) is 3. The Bertz CT molecular complexity index is 366. The first-order valence-electron chi connectivity index (χ1n) is 5.06. The van der Waals surface area contributed by atoms with Crippen LogP contribution >= 0.6 is 11.8 Å². The van der Waals surface area contributed by atoms with Gasteiger partial charge in [-0.05, 0) is 36.3 Å². The van der Waals surface area contributed by atoms with Crippen LogP contribution in [0, 0.1) is 17.2 Å². The second kappa shape index (κ2) is 5.67. The minimum absolute atomic E-state index is 0.626. The molecule has 0 aliphatic carbocycles. The summed E-state index contributed by atoms with van der Waals surface area (Å²) in [5.41, 5.74) is 7.18.